The zero-order valence-corrected chi connectivity index (χ0v) is 15.8. The molecule has 0 radical (unpaired) electrons. The fourth-order valence-corrected chi connectivity index (χ4v) is 4.67. The van der Waals surface area contributed by atoms with Gasteiger partial charge in [0.25, 0.3) is 5.56 Å². The van der Waals surface area contributed by atoms with Gasteiger partial charge in [-0.15, -0.1) is 0 Å². The Morgan fingerprint density at radius 3 is 2.79 bits per heavy atom. The predicted molar refractivity (Wildman–Crippen MR) is 111 cm³/mol. The molecule has 0 saturated heterocycles. The SMILES string of the molecule is [C-]#[N+]c1cccc(-c2ccc3c(=O)c4c(=O)[nH]sc4n(C4CC4)c3c2OC)c1. The first kappa shape index (κ1) is 16.8. The van der Waals surface area contributed by atoms with E-state index in [1.807, 2.05) is 24.3 Å². The van der Waals surface area contributed by atoms with Crippen LogP contribution in [0.1, 0.15) is 18.9 Å². The third-order valence-electron chi connectivity index (χ3n) is 5.15. The Hall–Kier alpha value is -3.37. The quantitative estimate of drug-likeness (QED) is 0.526. The standard InChI is InChI=1S/C21H15N3O3S/c1-22-12-5-3-4-11(10-12)14-8-9-15-17(19(14)27-2)24(13-6-7-13)21-16(18(15)25)20(26)23-28-21/h3-5,8-10,13H,6-7H2,2H3,(H,23,26). The molecule has 6 nitrogen and oxygen atoms in total. The van der Waals surface area contributed by atoms with Gasteiger partial charge in [-0.2, -0.15) is 0 Å². The molecule has 5 rings (SSSR count). The molecular formula is C21H15N3O3S. The van der Waals surface area contributed by atoms with Crippen molar-refractivity contribution in [3.63, 3.8) is 0 Å². The number of rotatable bonds is 3. The summed E-state index contributed by atoms with van der Waals surface area (Å²) in [6, 6.07) is 11.2. The van der Waals surface area contributed by atoms with E-state index < -0.39 is 0 Å². The van der Waals surface area contributed by atoms with E-state index in [-0.39, 0.29) is 22.4 Å². The van der Waals surface area contributed by atoms with E-state index in [0.29, 0.717) is 27.2 Å². The van der Waals surface area contributed by atoms with Gasteiger partial charge in [-0.1, -0.05) is 18.2 Å². The number of aromatic nitrogens is 2. The number of nitrogens with zero attached hydrogens (tertiary/aromatic N) is 2. The van der Waals surface area contributed by atoms with Crippen molar-refractivity contribution in [2.24, 2.45) is 0 Å². The van der Waals surface area contributed by atoms with Crippen LogP contribution in [0.5, 0.6) is 5.75 Å². The summed E-state index contributed by atoms with van der Waals surface area (Å²) in [5, 5.41) is 0.694. The summed E-state index contributed by atoms with van der Waals surface area (Å²) in [4.78, 5) is 29.5. The van der Waals surface area contributed by atoms with E-state index >= 15 is 0 Å². The summed E-state index contributed by atoms with van der Waals surface area (Å²) in [7, 11) is 1.59. The molecule has 7 heteroatoms. The van der Waals surface area contributed by atoms with Crippen molar-refractivity contribution in [1.29, 1.82) is 0 Å². The van der Waals surface area contributed by atoms with Crippen LogP contribution in [0.25, 0.3) is 37.1 Å². The third kappa shape index (κ3) is 2.31. The summed E-state index contributed by atoms with van der Waals surface area (Å²) in [6.45, 7) is 7.27. The number of fused-ring (bicyclic) bond motifs is 2. The lowest BCUT2D eigenvalue weighted by Crippen LogP contribution is -2.15. The third-order valence-corrected chi connectivity index (χ3v) is 6.03. The molecule has 0 aliphatic heterocycles. The lowest BCUT2D eigenvalue weighted by molar-refractivity contribution is 0.419. The minimum Gasteiger partial charge on any atom is -0.494 e. The van der Waals surface area contributed by atoms with Gasteiger partial charge in [0.2, 0.25) is 5.43 Å². The molecular weight excluding hydrogens is 374 g/mol. The highest BCUT2D eigenvalue weighted by molar-refractivity contribution is 7.12. The van der Waals surface area contributed by atoms with E-state index in [4.69, 9.17) is 11.3 Å². The topological polar surface area (TPSA) is 68.5 Å². The maximum Gasteiger partial charge on any atom is 0.271 e. The Bertz CT molecular complexity index is 1420. The summed E-state index contributed by atoms with van der Waals surface area (Å²) in [6.07, 6.45) is 2.00. The van der Waals surface area contributed by atoms with Gasteiger partial charge >= 0.3 is 0 Å². The number of benzene rings is 2. The van der Waals surface area contributed by atoms with E-state index in [1.165, 1.54) is 11.5 Å². The molecule has 2 heterocycles. The second kappa shape index (κ2) is 6.08. The first-order valence-electron chi connectivity index (χ1n) is 8.88. The van der Waals surface area contributed by atoms with Crippen LogP contribution in [-0.2, 0) is 0 Å². The van der Waals surface area contributed by atoms with Gasteiger partial charge in [-0.05, 0) is 48.1 Å². The molecule has 0 spiro atoms. The normalized spacial score (nSPS) is 13.7. The number of H-pyrrole nitrogens is 1. The Labute approximate surface area is 163 Å². The van der Waals surface area contributed by atoms with Crippen molar-refractivity contribution < 1.29 is 4.74 Å². The maximum absolute atomic E-state index is 13.1. The van der Waals surface area contributed by atoms with Crippen LogP contribution in [0.15, 0.2) is 46.0 Å². The molecule has 1 aliphatic rings. The van der Waals surface area contributed by atoms with Gasteiger partial charge in [0.1, 0.15) is 10.2 Å². The highest BCUT2D eigenvalue weighted by Crippen LogP contribution is 2.44. The fourth-order valence-electron chi connectivity index (χ4n) is 3.75. The van der Waals surface area contributed by atoms with E-state index in [9.17, 15) is 9.59 Å². The zero-order chi connectivity index (χ0) is 19.4. The molecule has 1 aliphatic carbocycles. The monoisotopic (exact) mass is 389 g/mol. The largest absolute Gasteiger partial charge is 0.494 e. The Balaban J connectivity index is 1.96. The predicted octanol–water partition coefficient (Wildman–Crippen LogP) is 4.47. The van der Waals surface area contributed by atoms with Crippen LogP contribution in [0.3, 0.4) is 0 Å². The van der Waals surface area contributed by atoms with Crippen molar-refractivity contribution in [2.45, 2.75) is 18.9 Å². The number of methoxy groups -OCH3 is 1. The van der Waals surface area contributed by atoms with E-state index in [2.05, 4.69) is 13.8 Å². The van der Waals surface area contributed by atoms with Crippen molar-refractivity contribution in [3.8, 4) is 16.9 Å². The molecule has 28 heavy (non-hydrogen) atoms. The second-order valence-electron chi connectivity index (χ2n) is 6.85. The van der Waals surface area contributed by atoms with Crippen molar-refractivity contribution in [3.05, 3.63) is 68.4 Å². The molecule has 0 unspecified atom stereocenters. The zero-order valence-electron chi connectivity index (χ0n) is 15.0. The van der Waals surface area contributed by atoms with Crippen LogP contribution in [0, 0.1) is 6.57 Å². The van der Waals surface area contributed by atoms with Gasteiger partial charge in [-0.3, -0.25) is 14.0 Å². The lowest BCUT2D eigenvalue weighted by atomic mass is 10.0. The summed E-state index contributed by atoms with van der Waals surface area (Å²) in [5.41, 5.74) is 2.31. The van der Waals surface area contributed by atoms with Gasteiger partial charge in [0.05, 0.1) is 24.6 Å². The minimum absolute atomic E-state index is 0.217. The van der Waals surface area contributed by atoms with Crippen LogP contribution >= 0.6 is 11.5 Å². The number of hydrogen-bond donors (Lipinski definition) is 1. The Kier molecular flexibility index (Phi) is 3.64. The van der Waals surface area contributed by atoms with Crippen LogP contribution < -0.4 is 15.7 Å². The van der Waals surface area contributed by atoms with Gasteiger partial charge in [-0.25, -0.2) is 4.85 Å². The fraction of sp³-hybridized carbons (Fsp3) is 0.190. The maximum atomic E-state index is 13.1. The van der Waals surface area contributed by atoms with Gasteiger partial charge in [0, 0.05) is 11.6 Å². The molecule has 0 amide bonds. The molecule has 2 aromatic carbocycles. The number of hydrogen-bond acceptors (Lipinski definition) is 4. The molecule has 138 valence electrons. The van der Waals surface area contributed by atoms with Crippen LogP contribution in [-0.4, -0.2) is 16.1 Å². The smallest absolute Gasteiger partial charge is 0.271 e. The summed E-state index contributed by atoms with van der Waals surface area (Å²) < 4.78 is 10.6. The highest BCUT2D eigenvalue weighted by Gasteiger charge is 2.30. The lowest BCUT2D eigenvalue weighted by Gasteiger charge is -2.17. The van der Waals surface area contributed by atoms with Crippen molar-refractivity contribution >= 4 is 38.3 Å². The van der Waals surface area contributed by atoms with Crippen LogP contribution in [0.2, 0.25) is 0 Å². The van der Waals surface area contributed by atoms with Crippen molar-refractivity contribution in [1.82, 2.24) is 8.94 Å². The summed E-state index contributed by atoms with van der Waals surface area (Å²) >= 11 is 1.19. The number of pyridine rings is 1. The Morgan fingerprint density at radius 1 is 1.25 bits per heavy atom. The number of ether oxygens (including phenoxy) is 1. The average Bonchev–Trinajstić information content (AvgIpc) is 3.49. The van der Waals surface area contributed by atoms with Gasteiger partial charge < -0.3 is 9.30 Å². The molecule has 0 bridgehead atoms. The molecule has 2 aromatic heterocycles. The molecule has 4 aromatic rings. The number of nitrogens with one attached hydrogen (secondary N) is 1. The Morgan fingerprint density at radius 2 is 2.07 bits per heavy atom. The van der Waals surface area contributed by atoms with Crippen molar-refractivity contribution in [2.75, 3.05) is 7.11 Å². The molecule has 0 atom stereocenters. The minimum atomic E-state index is -0.339. The van der Waals surface area contributed by atoms with E-state index in [1.54, 1.807) is 19.2 Å². The summed E-state index contributed by atoms with van der Waals surface area (Å²) in [5.74, 6) is 0.589. The van der Waals surface area contributed by atoms with E-state index in [0.717, 1.165) is 24.0 Å². The first-order chi connectivity index (χ1) is 13.6. The molecule has 1 N–H and O–H groups in total. The van der Waals surface area contributed by atoms with Crippen LogP contribution in [0.4, 0.5) is 5.69 Å². The molecule has 1 fully saturated rings. The number of aromatic amines is 1. The second-order valence-corrected chi connectivity index (χ2v) is 7.64. The highest BCUT2D eigenvalue weighted by atomic mass is 32.1. The van der Waals surface area contributed by atoms with Gasteiger partial charge in [0.15, 0.2) is 11.4 Å². The average molecular weight is 389 g/mol. The molecule has 1 saturated carbocycles. The first-order valence-corrected chi connectivity index (χ1v) is 9.70.